The first kappa shape index (κ1) is 11.7. The van der Waals surface area contributed by atoms with Crippen LogP contribution >= 0.6 is 0 Å². The highest BCUT2D eigenvalue weighted by atomic mass is 16.5. The van der Waals surface area contributed by atoms with Gasteiger partial charge < -0.3 is 14.9 Å². The maximum atomic E-state index is 5.60. The number of ether oxygens (including phenoxy) is 1. The molecular formula is C13H16N2O2. The largest absolute Gasteiger partial charge is 0.497 e. The summed E-state index contributed by atoms with van der Waals surface area (Å²) in [6.45, 7) is 2.58. The van der Waals surface area contributed by atoms with Crippen molar-refractivity contribution >= 4 is 0 Å². The minimum Gasteiger partial charge on any atom is -0.497 e. The van der Waals surface area contributed by atoms with E-state index in [9.17, 15) is 0 Å². The van der Waals surface area contributed by atoms with Gasteiger partial charge >= 0.3 is 0 Å². The van der Waals surface area contributed by atoms with E-state index in [1.807, 2.05) is 31.2 Å². The lowest BCUT2D eigenvalue weighted by molar-refractivity contribution is 0.414. The highest BCUT2D eigenvalue weighted by Gasteiger charge is 2.11. The molecule has 0 bridgehead atoms. The number of benzene rings is 1. The second kappa shape index (κ2) is 5.01. The van der Waals surface area contributed by atoms with E-state index in [0.29, 0.717) is 12.4 Å². The Kier molecular flexibility index (Phi) is 3.44. The summed E-state index contributed by atoms with van der Waals surface area (Å²) in [5, 5.41) is 0. The monoisotopic (exact) mass is 232 g/mol. The number of nitrogens with zero attached hydrogens (tertiary/aromatic N) is 1. The van der Waals surface area contributed by atoms with Crippen LogP contribution in [0, 0.1) is 0 Å². The first-order chi connectivity index (χ1) is 8.24. The summed E-state index contributed by atoms with van der Waals surface area (Å²) in [5.41, 5.74) is 7.38. The third-order valence-corrected chi connectivity index (χ3v) is 2.70. The zero-order valence-electron chi connectivity index (χ0n) is 10.0. The lowest BCUT2D eigenvalue weighted by Crippen LogP contribution is -2.08. The third kappa shape index (κ3) is 2.47. The Morgan fingerprint density at radius 1 is 1.47 bits per heavy atom. The van der Waals surface area contributed by atoms with E-state index < -0.39 is 0 Å². The predicted molar refractivity (Wildman–Crippen MR) is 66.0 cm³/mol. The van der Waals surface area contributed by atoms with E-state index in [1.165, 1.54) is 0 Å². The number of nitrogens with two attached hydrogens (primary N) is 1. The van der Waals surface area contributed by atoms with E-state index >= 15 is 0 Å². The summed E-state index contributed by atoms with van der Waals surface area (Å²) >= 11 is 0. The van der Waals surface area contributed by atoms with E-state index in [4.69, 9.17) is 14.9 Å². The first-order valence-corrected chi connectivity index (χ1v) is 5.54. The molecule has 0 saturated heterocycles. The fraction of sp³-hybridized carbons (Fsp3) is 0.308. The van der Waals surface area contributed by atoms with Crippen LogP contribution in [0.2, 0.25) is 0 Å². The lowest BCUT2D eigenvalue weighted by atomic mass is 10.1. The van der Waals surface area contributed by atoms with Crippen molar-refractivity contribution in [3.05, 3.63) is 36.2 Å². The number of rotatable bonds is 4. The van der Waals surface area contributed by atoms with Gasteiger partial charge in [0.25, 0.3) is 0 Å². The molecule has 4 nitrogen and oxygen atoms in total. The standard InChI is InChI=1S/C13H16N2O2/c1-9(7-14)12-8-17-13(15-12)10-4-3-5-11(6-10)16-2/h3-6,8-9H,7,14H2,1-2H3. The zero-order chi connectivity index (χ0) is 12.3. The van der Waals surface area contributed by atoms with Gasteiger partial charge in [0, 0.05) is 18.0 Å². The molecule has 2 rings (SSSR count). The number of hydrogen-bond donors (Lipinski definition) is 1. The van der Waals surface area contributed by atoms with Crippen molar-refractivity contribution in [1.82, 2.24) is 4.98 Å². The van der Waals surface area contributed by atoms with Crippen molar-refractivity contribution in [2.75, 3.05) is 13.7 Å². The second-order valence-corrected chi connectivity index (χ2v) is 3.95. The van der Waals surface area contributed by atoms with Gasteiger partial charge in [-0.2, -0.15) is 0 Å². The van der Waals surface area contributed by atoms with Crippen LogP contribution in [0.5, 0.6) is 5.75 Å². The Morgan fingerprint density at radius 3 is 3.00 bits per heavy atom. The van der Waals surface area contributed by atoms with E-state index in [1.54, 1.807) is 13.4 Å². The van der Waals surface area contributed by atoms with Crippen LogP contribution < -0.4 is 10.5 Å². The molecule has 2 N–H and O–H groups in total. The molecule has 0 aliphatic rings. The van der Waals surface area contributed by atoms with Gasteiger partial charge in [0.1, 0.15) is 12.0 Å². The van der Waals surface area contributed by atoms with Gasteiger partial charge in [-0.1, -0.05) is 13.0 Å². The molecule has 0 aliphatic carbocycles. The van der Waals surface area contributed by atoms with E-state index in [-0.39, 0.29) is 5.92 Å². The topological polar surface area (TPSA) is 61.3 Å². The Labute approximate surface area is 100 Å². The molecule has 1 atom stereocenters. The predicted octanol–water partition coefficient (Wildman–Crippen LogP) is 2.41. The molecule has 0 aliphatic heterocycles. The quantitative estimate of drug-likeness (QED) is 0.879. The van der Waals surface area contributed by atoms with Crippen LogP contribution in [0.25, 0.3) is 11.5 Å². The average Bonchev–Trinajstić information content (AvgIpc) is 2.87. The maximum absolute atomic E-state index is 5.60. The molecule has 0 radical (unpaired) electrons. The fourth-order valence-electron chi connectivity index (χ4n) is 1.52. The Balaban J connectivity index is 2.30. The Bertz CT molecular complexity index is 494. The van der Waals surface area contributed by atoms with Gasteiger partial charge in [-0.3, -0.25) is 0 Å². The molecule has 4 heteroatoms. The summed E-state index contributed by atoms with van der Waals surface area (Å²) in [6.07, 6.45) is 1.66. The number of methoxy groups -OCH3 is 1. The molecule has 1 aromatic heterocycles. The minimum absolute atomic E-state index is 0.207. The van der Waals surface area contributed by atoms with Gasteiger partial charge in [-0.15, -0.1) is 0 Å². The van der Waals surface area contributed by atoms with Crippen LogP contribution in [0.4, 0.5) is 0 Å². The van der Waals surface area contributed by atoms with Crippen LogP contribution in [-0.2, 0) is 0 Å². The van der Waals surface area contributed by atoms with Crippen LogP contribution in [-0.4, -0.2) is 18.6 Å². The molecule has 1 aromatic carbocycles. The van der Waals surface area contributed by atoms with Crippen molar-refractivity contribution in [3.63, 3.8) is 0 Å². The average molecular weight is 232 g/mol. The van der Waals surface area contributed by atoms with Gasteiger partial charge in [0.05, 0.1) is 12.8 Å². The second-order valence-electron chi connectivity index (χ2n) is 3.95. The van der Waals surface area contributed by atoms with Crippen LogP contribution in [0.3, 0.4) is 0 Å². The van der Waals surface area contributed by atoms with Crippen LogP contribution in [0.1, 0.15) is 18.5 Å². The summed E-state index contributed by atoms with van der Waals surface area (Å²) in [7, 11) is 1.64. The SMILES string of the molecule is COc1cccc(-c2nc(C(C)CN)co2)c1. The number of aromatic nitrogens is 1. The van der Waals surface area contributed by atoms with Crippen LogP contribution in [0.15, 0.2) is 34.9 Å². The Morgan fingerprint density at radius 2 is 2.29 bits per heavy atom. The highest BCUT2D eigenvalue weighted by molar-refractivity contribution is 5.56. The Hall–Kier alpha value is -1.81. The molecule has 1 unspecified atom stereocenters. The molecular weight excluding hydrogens is 216 g/mol. The molecule has 0 amide bonds. The summed E-state index contributed by atoms with van der Waals surface area (Å²) in [5.74, 6) is 1.59. The lowest BCUT2D eigenvalue weighted by Gasteiger charge is -2.02. The van der Waals surface area contributed by atoms with Crippen molar-refractivity contribution in [2.45, 2.75) is 12.8 Å². The highest BCUT2D eigenvalue weighted by Crippen LogP contribution is 2.24. The van der Waals surface area contributed by atoms with Crippen molar-refractivity contribution in [1.29, 1.82) is 0 Å². The minimum atomic E-state index is 0.207. The van der Waals surface area contributed by atoms with E-state index in [0.717, 1.165) is 17.0 Å². The maximum Gasteiger partial charge on any atom is 0.226 e. The molecule has 0 saturated carbocycles. The zero-order valence-corrected chi connectivity index (χ0v) is 10.0. The van der Waals surface area contributed by atoms with Gasteiger partial charge in [-0.25, -0.2) is 4.98 Å². The van der Waals surface area contributed by atoms with Gasteiger partial charge in [-0.05, 0) is 18.2 Å². The number of oxazole rings is 1. The van der Waals surface area contributed by atoms with Gasteiger partial charge in [0.15, 0.2) is 0 Å². The summed E-state index contributed by atoms with van der Waals surface area (Å²) in [6, 6.07) is 7.62. The third-order valence-electron chi connectivity index (χ3n) is 2.70. The van der Waals surface area contributed by atoms with E-state index in [2.05, 4.69) is 4.98 Å². The molecule has 90 valence electrons. The first-order valence-electron chi connectivity index (χ1n) is 5.54. The fourth-order valence-corrected chi connectivity index (χ4v) is 1.52. The molecule has 2 aromatic rings. The summed E-state index contributed by atoms with van der Waals surface area (Å²) in [4.78, 5) is 4.42. The normalized spacial score (nSPS) is 12.4. The molecule has 0 fully saturated rings. The molecule has 17 heavy (non-hydrogen) atoms. The van der Waals surface area contributed by atoms with Gasteiger partial charge in [0.2, 0.25) is 5.89 Å². The molecule has 0 spiro atoms. The number of hydrogen-bond acceptors (Lipinski definition) is 4. The molecule has 1 heterocycles. The van der Waals surface area contributed by atoms with Crippen molar-refractivity contribution < 1.29 is 9.15 Å². The smallest absolute Gasteiger partial charge is 0.226 e. The summed E-state index contributed by atoms with van der Waals surface area (Å²) < 4.78 is 10.6. The van der Waals surface area contributed by atoms with Crippen molar-refractivity contribution in [3.8, 4) is 17.2 Å². The van der Waals surface area contributed by atoms with Crippen molar-refractivity contribution in [2.24, 2.45) is 5.73 Å².